The molecule has 2 aliphatic rings. The van der Waals surface area contributed by atoms with Crippen LogP contribution in [0.5, 0.6) is 0 Å². The zero-order chi connectivity index (χ0) is 16.6. The van der Waals surface area contributed by atoms with E-state index in [0.717, 1.165) is 38.5 Å². The van der Waals surface area contributed by atoms with Gasteiger partial charge in [0, 0.05) is 24.7 Å². The topological polar surface area (TPSA) is 128 Å². The van der Waals surface area contributed by atoms with Crippen LogP contribution in [-0.2, 0) is 14.8 Å². The highest BCUT2D eigenvalue weighted by Crippen LogP contribution is 2.30. The fourth-order valence-electron chi connectivity index (χ4n) is 2.96. The maximum atomic E-state index is 11.4. The van der Waals surface area contributed by atoms with Crippen molar-refractivity contribution in [3.63, 3.8) is 0 Å². The maximum absolute atomic E-state index is 11.4. The number of nitrogens with zero attached hydrogens (tertiary/aromatic N) is 2. The summed E-state index contributed by atoms with van der Waals surface area (Å²) in [5.74, 6) is 0. The van der Waals surface area contributed by atoms with Gasteiger partial charge in [-0.25, -0.2) is 13.6 Å². The highest BCUT2D eigenvalue weighted by atomic mass is 32.2. The van der Waals surface area contributed by atoms with Crippen LogP contribution in [0.2, 0.25) is 0 Å². The molecule has 1 aromatic carbocycles. The number of hydrogen-bond donors (Lipinski definition) is 2. The van der Waals surface area contributed by atoms with Gasteiger partial charge >= 0.3 is 0 Å². The van der Waals surface area contributed by atoms with Crippen LogP contribution in [0.1, 0.15) is 19.3 Å². The van der Waals surface area contributed by atoms with Crippen LogP contribution in [0.3, 0.4) is 0 Å². The minimum Gasteiger partial charge on any atom is -0.369 e. The Balaban J connectivity index is 1.83. The van der Waals surface area contributed by atoms with E-state index in [0.29, 0.717) is 5.69 Å². The van der Waals surface area contributed by atoms with Gasteiger partial charge in [-0.2, -0.15) is 0 Å². The predicted molar refractivity (Wildman–Crippen MR) is 82.2 cm³/mol. The Morgan fingerprint density at radius 2 is 2.13 bits per heavy atom. The number of nitro benzene ring substituents is 1. The lowest BCUT2D eigenvalue weighted by Crippen LogP contribution is -2.49. The molecule has 2 atom stereocenters. The van der Waals surface area contributed by atoms with Crippen LogP contribution in [0, 0.1) is 10.1 Å². The molecule has 0 radical (unpaired) electrons. The van der Waals surface area contributed by atoms with E-state index in [-0.39, 0.29) is 12.4 Å². The second kappa shape index (κ2) is 6.04. The van der Waals surface area contributed by atoms with Gasteiger partial charge in [0.25, 0.3) is 5.69 Å². The molecule has 2 fully saturated rings. The number of likely N-dealkylation sites (tertiary alicyclic amines) is 1. The standard InChI is InChI=1S/C13H18N4O5S/c14-23(20,21)11-4-3-9(8-10(11)17(18)19)15-12-2-1-6-16(12)13-5-7-22-13/h3-4,8,12-13,15H,1-2,5-7H2,(H2,14,20,21)/t12-,13?/m1/s1. The van der Waals surface area contributed by atoms with Gasteiger partial charge in [0.15, 0.2) is 4.90 Å². The van der Waals surface area contributed by atoms with Crippen LogP contribution in [0.15, 0.2) is 23.1 Å². The average molecular weight is 342 g/mol. The molecule has 0 amide bonds. The smallest absolute Gasteiger partial charge is 0.291 e. The van der Waals surface area contributed by atoms with Crippen molar-refractivity contribution in [2.45, 2.75) is 36.6 Å². The molecule has 0 aliphatic carbocycles. The summed E-state index contributed by atoms with van der Waals surface area (Å²) >= 11 is 0. The average Bonchev–Trinajstić information content (AvgIpc) is 2.83. The lowest BCUT2D eigenvalue weighted by Gasteiger charge is -2.38. The number of hydrogen-bond acceptors (Lipinski definition) is 7. The molecule has 0 saturated carbocycles. The quantitative estimate of drug-likeness (QED) is 0.599. The minimum absolute atomic E-state index is 0.0141. The predicted octanol–water partition coefficient (Wildman–Crippen LogP) is 0.822. The summed E-state index contributed by atoms with van der Waals surface area (Å²) in [6, 6.07) is 3.86. The number of nitrogens with one attached hydrogen (secondary N) is 1. The van der Waals surface area contributed by atoms with Crippen molar-refractivity contribution in [3.8, 4) is 0 Å². The lowest BCUT2D eigenvalue weighted by molar-refractivity contribution is -0.387. The third kappa shape index (κ3) is 3.29. The Hall–Kier alpha value is -1.75. The van der Waals surface area contributed by atoms with Gasteiger partial charge in [-0.05, 0) is 25.0 Å². The van der Waals surface area contributed by atoms with Gasteiger partial charge in [0.05, 0.1) is 17.7 Å². The molecule has 2 heterocycles. The number of nitro groups is 1. The summed E-state index contributed by atoms with van der Waals surface area (Å²) in [7, 11) is -4.14. The van der Waals surface area contributed by atoms with Crippen molar-refractivity contribution in [3.05, 3.63) is 28.3 Å². The van der Waals surface area contributed by atoms with Crippen molar-refractivity contribution in [2.24, 2.45) is 5.14 Å². The van der Waals surface area contributed by atoms with Crippen molar-refractivity contribution >= 4 is 21.4 Å². The summed E-state index contributed by atoms with van der Waals surface area (Å²) in [5, 5.41) is 19.4. The number of benzene rings is 1. The molecule has 2 saturated heterocycles. The molecule has 2 aliphatic heterocycles. The molecular formula is C13H18N4O5S. The van der Waals surface area contributed by atoms with E-state index in [2.05, 4.69) is 10.2 Å². The van der Waals surface area contributed by atoms with Crippen LogP contribution in [-0.4, -0.2) is 43.8 Å². The SMILES string of the molecule is NS(=O)(=O)c1ccc(N[C@H]2CCCN2C2CCO2)cc1[N+](=O)[O-]. The molecular weight excluding hydrogens is 324 g/mol. The van der Waals surface area contributed by atoms with E-state index in [1.54, 1.807) is 0 Å². The third-order valence-electron chi connectivity index (χ3n) is 4.13. The Bertz CT molecular complexity index is 719. The molecule has 23 heavy (non-hydrogen) atoms. The Kier molecular flexibility index (Phi) is 4.23. The number of ether oxygens (including phenoxy) is 1. The second-order valence-electron chi connectivity index (χ2n) is 5.64. The summed E-state index contributed by atoms with van der Waals surface area (Å²) in [4.78, 5) is 12.1. The number of sulfonamides is 1. The van der Waals surface area contributed by atoms with Crippen LogP contribution < -0.4 is 10.5 Å². The van der Waals surface area contributed by atoms with Gasteiger partial charge in [-0.15, -0.1) is 0 Å². The highest BCUT2D eigenvalue weighted by molar-refractivity contribution is 7.89. The molecule has 0 aromatic heterocycles. The van der Waals surface area contributed by atoms with Gasteiger partial charge in [0.2, 0.25) is 10.0 Å². The van der Waals surface area contributed by atoms with Crippen molar-refractivity contribution in [2.75, 3.05) is 18.5 Å². The van der Waals surface area contributed by atoms with Crippen LogP contribution in [0.4, 0.5) is 11.4 Å². The summed E-state index contributed by atoms with van der Waals surface area (Å²) < 4.78 is 28.4. The van der Waals surface area contributed by atoms with E-state index < -0.39 is 25.5 Å². The molecule has 3 rings (SSSR count). The van der Waals surface area contributed by atoms with Crippen molar-refractivity contribution < 1.29 is 18.1 Å². The fraction of sp³-hybridized carbons (Fsp3) is 0.538. The number of primary sulfonamides is 1. The van der Waals surface area contributed by atoms with Gasteiger partial charge in [-0.3, -0.25) is 15.0 Å². The largest absolute Gasteiger partial charge is 0.369 e. The Morgan fingerprint density at radius 1 is 1.39 bits per heavy atom. The minimum atomic E-state index is -4.14. The summed E-state index contributed by atoms with van der Waals surface area (Å²) in [6.45, 7) is 1.65. The van der Waals surface area contributed by atoms with E-state index in [1.165, 1.54) is 12.1 Å². The molecule has 3 N–H and O–H groups in total. The first-order valence-electron chi connectivity index (χ1n) is 7.31. The normalized spacial score (nSPS) is 25.1. The summed E-state index contributed by atoms with van der Waals surface area (Å²) in [6.07, 6.45) is 2.98. The van der Waals surface area contributed by atoms with E-state index in [1.807, 2.05) is 0 Å². The Labute approximate surface area is 133 Å². The lowest BCUT2D eigenvalue weighted by atomic mass is 10.2. The van der Waals surface area contributed by atoms with Crippen LogP contribution in [0.25, 0.3) is 0 Å². The van der Waals surface area contributed by atoms with Crippen LogP contribution >= 0.6 is 0 Å². The van der Waals surface area contributed by atoms with E-state index in [4.69, 9.17) is 9.88 Å². The maximum Gasteiger partial charge on any atom is 0.291 e. The molecule has 0 bridgehead atoms. The summed E-state index contributed by atoms with van der Waals surface area (Å²) in [5.41, 5.74) is -0.0396. The van der Waals surface area contributed by atoms with E-state index >= 15 is 0 Å². The third-order valence-corrected chi connectivity index (χ3v) is 5.09. The van der Waals surface area contributed by atoms with Gasteiger partial charge < -0.3 is 10.1 Å². The highest BCUT2D eigenvalue weighted by Gasteiger charge is 2.35. The number of anilines is 1. The van der Waals surface area contributed by atoms with Crippen molar-refractivity contribution in [1.82, 2.24) is 4.90 Å². The van der Waals surface area contributed by atoms with Gasteiger partial charge in [-0.1, -0.05) is 0 Å². The zero-order valence-corrected chi connectivity index (χ0v) is 13.2. The second-order valence-corrected chi connectivity index (χ2v) is 7.17. The molecule has 126 valence electrons. The molecule has 10 heteroatoms. The molecule has 0 spiro atoms. The Morgan fingerprint density at radius 3 is 2.70 bits per heavy atom. The monoisotopic (exact) mass is 342 g/mol. The van der Waals surface area contributed by atoms with E-state index in [9.17, 15) is 18.5 Å². The molecule has 1 unspecified atom stereocenters. The van der Waals surface area contributed by atoms with Gasteiger partial charge in [0.1, 0.15) is 6.23 Å². The first-order valence-corrected chi connectivity index (χ1v) is 8.86. The number of nitrogens with two attached hydrogens (primary N) is 1. The fourth-order valence-corrected chi connectivity index (χ4v) is 3.64. The first kappa shape index (κ1) is 16.1. The first-order chi connectivity index (χ1) is 10.9. The molecule has 1 aromatic rings. The zero-order valence-electron chi connectivity index (χ0n) is 12.3. The number of rotatable bonds is 5. The van der Waals surface area contributed by atoms with Crippen molar-refractivity contribution in [1.29, 1.82) is 0 Å². The molecule has 9 nitrogen and oxygen atoms in total.